The highest BCUT2D eigenvalue weighted by Gasteiger charge is 2.06. The molecule has 0 atom stereocenters. The maximum Gasteiger partial charge on any atom is 0.248 e. The molecule has 0 bridgehead atoms. The summed E-state index contributed by atoms with van der Waals surface area (Å²) in [7, 11) is 0. The molecular weight excluding hydrogens is 276 g/mol. The summed E-state index contributed by atoms with van der Waals surface area (Å²) in [4.78, 5) is 8.87. The Morgan fingerprint density at radius 3 is 2.86 bits per heavy atom. The zero-order valence-electron chi connectivity index (χ0n) is 11.4. The summed E-state index contributed by atoms with van der Waals surface area (Å²) in [5.41, 5.74) is 2.07. The highest BCUT2D eigenvalue weighted by Crippen LogP contribution is 2.17. The Hall–Kier alpha value is -3.46. The number of nitrogens with one attached hydrogen (secondary N) is 1. The van der Waals surface area contributed by atoms with Crippen molar-refractivity contribution in [3.8, 4) is 6.07 Å². The molecule has 22 heavy (non-hydrogen) atoms. The van der Waals surface area contributed by atoms with Gasteiger partial charge in [-0.05, 0) is 24.3 Å². The Morgan fingerprint density at radius 2 is 1.95 bits per heavy atom. The zero-order valence-corrected chi connectivity index (χ0v) is 11.4. The molecule has 0 fully saturated rings. The predicted octanol–water partition coefficient (Wildman–Crippen LogP) is 2.89. The van der Waals surface area contributed by atoms with Crippen molar-refractivity contribution >= 4 is 28.3 Å². The number of pyridine rings is 2. The number of anilines is 2. The van der Waals surface area contributed by atoms with Crippen LogP contribution in [-0.4, -0.2) is 19.6 Å². The lowest BCUT2D eigenvalue weighted by Crippen LogP contribution is -1.96. The second kappa shape index (κ2) is 4.82. The number of para-hydroxylation sites is 1. The molecule has 6 nitrogen and oxygen atoms in total. The number of hydrogen-bond donors (Lipinski definition) is 1. The standard InChI is InChI=1S/C16H10N6/c17-10-11-7-8-22-15(9-11)20-16(21-22)19-14-6-5-12-3-1-2-4-13(12)18-14/h1-9H,(H,18,19,21). The van der Waals surface area contributed by atoms with E-state index in [-0.39, 0.29) is 0 Å². The van der Waals surface area contributed by atoms with Gasteiger partial charge < -0.3 is 5.32 Å². The fraction of sp³-hybridized carbons (Fsp3) is 0. The van der Waals surface area contributed by atoms with Gasteiger partial charge in [-0.1, -0.05) is 18.2 Å². The third-order valence-electron chi connectivity index (χ3n) is 3.30. The van der Waals surface area contributed by atoms with Crippen LogP contribution in [0.4, 0.5) is 11.8 Å². The van der Waals surface area contributed by atoms with Gasteiger partial charge >= 0.3 is 0 Å². The lowest BCUT2D eigenvalue weighted by molar-refractivity contribution is 0.963. The molecule has 6 heteroatoms. The average Bonchev–Trinajstić information content (AvgIpc) is 2.95. The van der Waals surface area contributed by atoms with Gasteiger partial charge in [-0.2, -0.15) is 10.2 Å². The van der Waals surface area contributed by atoms with Gasteiger partial charge in [0.25, 0.3) is 0 Å². The minimum Gasteiger partial charge on any atom is -0.307 e. The number of aromatic nitrogens is 4. The van der Waals surface area contributed by atoms with Gasteiger partial charge in [0, 0.05) is 17.6 Å². The number of nitrogens with zero attached hydrogens (tertiary/aromatic N) is 5. The summed E-state index contributed by atoms with van der Waals surface area (Å²) < 4.78 is 1.62. The highest BCUT2D eigenvalue weighted by molar-refractivity contribution is 5.80. The van der Waals surface area contributed by atoms with Crippen LogP contribution in [0.3, 0.4) is 0 Å². The molecule has 4 rings (SSSR count). The van der Waals surface area contributed by atoms with E-state index in [2.05, 4.69) is 26.5 Å². The largest absolute Gasteiger partial charge is 0.307 e. The number of nitriles is 1. The van der Waals surface area contributed by atoms with Gasteiger partial charge in [0.2, 0.25) is 5.95 Å². The molecule has 0 saturated carbocycles. The van der Waals surface area contributed by atoms with Gasteiger partial charge in [-0.3, -0.25) is 0 Å². The fourth-order valence-electron chi connectivity index (χ4n) is 2.25. The molecule has 0 amide bonds. The van der Waals surface area contributed by atoms with Crippen molar-refractivity contribution in [2.24, 2.45) is 0 Å². The second-order valence-corrected chi connectivity index (χ2v) is 4.78. The van der Waals surface area contributed by atoms with Crippen molar-refractivity contribution in [2.45, 2.75) is 0 Å². The molecule has 0 aliphatic heterocycles. The summed E-state index contributed by atoms with van der Waals surface area (Å²) in [6.45, 7) is 0. The van der Waals surface area contributed by atoms with Crippen molar-refractivity contribution in [3.63, 3.8) is 0 Å². The fourth-order valence-corrected chi connectivity index (χ4v) is 2.25. The highest BCUT2D eigenvalue weighted by atomic mass is 15.3. The second-order valence-electron chi connectivity index (χ2n) is 4.78. The van der Waals surface area contributed by atoms with Gasteiger partial charge in [0.05, 0.1) is 17.1 Å². The monoisotopic (exact) mass is 286 g/mol. The maximum atomic E-state index is 8.91. The van der Waals surface area contributed by atoms with Gasteiger partial charge in [-0.25, -0.2) is 9.50 Å². The molecule has 3 aromatic heterocycles. The van der Waals surface area contributed by atoms with Crippen LogP contribution >= 0.6 is 0 Å². The van der Waals surface area contributed by atoms with Crippen molar-refractivity contribution in [3.05, 3.63) is 60.3 Å². The Bertz CT molecular complexity index is 1030. The lowest BCUT2D eigenvalue weighted by Gasteiger charge is -2.02. The normalized spacial score (nSPS) is 10.7. The van der Waals surface area contributed by atoms with Crippen LogP contribution in [0.5, 0.6) is 0 Å². The summed E-state index contributed by atoms with van der Waals surface area (Å²) in [5.74, 6) is 1.12. The van der Waals surface area contributed by atoms with Crippen LogP contribution in [0, 0.1) is 11.3 Å². The quantitative estimate of drug-likeness (QED) is 0.613. The Labute approximate surface area is 125 Å². The van der Waals surface area contributed by atoms with E-state index in [9.17, 15) is 0 Å². The van der Waals surface area contributed by atoms with Crippen LogP contribution in [0.1, 0.15) is 5.56 Å². The molecule has 0 aliphatic rings. The predicted molar refractivity (Wildman–Crippen MR) is 82.7 cm³/mol. The van der Waals surface area contributed by atoms with E-state index in [0.29, 0.717) is 23.0 Å². The molecule has 4 aromatic rings. The summed E-state index contributed by atoms with van der Waals surface area (Å²) in [6, 6.07) is 17.2. The molecule has 0 unspecified atom stereocenters. The van der Waals surface area contributed by atoms with E-state index in [0.717, 1.165) is 10.9 Å². The first-order valence-corrected chi connectivity index (χ1v) is 6.71. The summed E-state index contributed by atoms with van der Waals surface area (Å²) >= 11 is 0. The molecular formula is C16H10N6. The molecule has 0 aliphatic carbocycles. The summed E-state index contributed by atoms with van der Waals surface area (Å²) in [5, 5.41) is 17.4. The Balaban J connectivity index is 1.71. The first kappa shape index (κ1) is 12.3. The molecule has 0 radical (unpaired) electrons. The number of benzene rings is 1. The van der Waals surface area contributed by atoms with Crippen molar-refractivity contribution in [1.29, 1.82) is 5.26 Å². The minimum absolute atomic E-state index is 0.442. The molecule has 3 heterocycles. The van der Waals surface area contributed by atoms with Gasteiger partial charge in [0.15, 0.2) is 5.65 Å². The van der Waals surface area contributed by atoms with E-state index in [1.54, 1.807) is 22.8 Å². The molecule has 0 saturated heterocycles. The smallest absolute Gasteiger partial charge is 0.248 e. The van der Waals surface area contributed by atoms with Crippen molar-refractivity contribution in [1.82, 2.24) is 19.6 Å². The Kier molecular flexibility index (Phi) is 2.70. The van der Waals surface area contributed by atoms with Crippen LogP contribution < -0.4 is 5.32 Å². The van der Waals surface area contributed by atoms with E-state index in [1.807, 2.05) is 36.4 Å². The first-order valence-electron chi connectivity index (χ1n) is 6.71. The molecule has 104 valence electrons. The molecule has 1 aromatic carbocycles. The Morgan fingerprint density at radius 1 is 1.05 bits per heavy atom. The minimum atomic E-state index is 0.442. The number of hydrogen-bond acceptors (Lipinski definition) is 5. The van der Waals surface area contributed by atoms with Crippen LogP contribution in [0.25, 0.3) is 16.6 Å². The third kappa shape index (κ3) is 2.11. The van der Waals surface area contributed by atoms with E-state index in [4.69, 9.17) is 5.26 Å². The third-order valence-corrected chi connectivity index (χ3v) is 3.30. The first-order chi connectivity index (χ1) is 10.8. The number of rotatable bonds is 2. The SMILES string of the molecule is N#Cc1ccn2nc(Nc3ccc4ccccc4n3)nc2c1. The van der Waals surface area contributed by atoms with E-state index >= 15 is 0 Å². The van der Waals surface area contributed by atoms with E-state index in [1.165, 1.54) is 0 Å². The van der Waals surface area contributed by atoms with Crippen LogP contribution in [0.2, 0.25) is 0 Å². The topological polar surface area (TPSA) is 78.9 Å². The van der Waals surface area contributed by atoms with Crippen LogP contribution in [0.15, 0.2) is 54.7 Å². The molecule has 1 N–H and O–H groups in total. The van der Waals surface area contributed by atoms with Crippen molar-refractivity contribution in [2.75, 3.05) is 5.32 Å². The summed E-state index contributed by atoms with van der Waals surface area (Å²) in [6.07, 6.45) is 1.71. The molecule has 0 spiro atoms. The number of fused-ring (bicyclic) bond motifs is 2. The zero-order chi connectivity index (χ0) is 14.9. The van der Waals surface area contributed by atoms with Crippen molar-refractivity contribution < 1.29 is 0 Å². The lowest BCUT2D eigenvalue weighted by atomic mass is 10.2. The maximum absolute atomic E-state index is 8.91. The van der Waals surface area contributed by atoms with E-state index < -0.39 is 0 Å². The van der Waals surface area contributed by atoms with Crippen LogP contribution in [-0.2, 0) is 0 Å². The average molecular weight is 286 g/mol. The van der Waals surface area contributed by atoms with Gasteiger partial charge in [0.1, 0.15) is 5.82 Å². The van der Waals surface area contributed by atoms with Gasteiger partial charge in [-0.15, -0.1) is 5.10 Å².